The zero-order valence-electron chi connectivity index (χ0n) is 11.7. The molecule has 0 aromatic rings. The Hall–Kier alpha value is -0.410. The van der Waals surface area contributed by atoms with Crippen molar-refractivity contribution in [2.75, 3.05) is 26.3 Å². The summed E-state index contributed by atoms with van der Waals surface area (Å²) in [7, 11) is 0. The number of carbonyl (C=O) groups excluding carboxylic acids is 1. The minimum Gasteiger partial charge on any atom is -0.382 e. The van der Waals surface area contributed by atoms with Crippen LogP contribution in [0.1, 0.15) is 51.9 Å². The van der Waals surface area contributed by atoms with E-state index in [1.807, 2.05) is 6.92 Å². The Bertz CT molecular complexity index is 267. The predicted molar refractivity (Wildman–Crippen MR) is 72.7 cm³/mol. The molecule has 0 aromatic heterocycles. The minimum atomic E-state index is 0.345. The predicted octanol–water partition coefficient (Wildman–Crippen LogP) is 2.64. The van der Waals surface area contributed by atoms with Crippen LogP contribution >= 0.6 is 0 Å². The molecule has 104 valence electrons. The van der Waals surface area contributed by atoms with Crippen LogP contribution in [-0.2, 0) is 9.53 Å². The first-order valence-electron chi connectivity index (χ1n) is 7.67. The van der Waals surface area contributed by atoms with Crippen LogP contribution < -0.4 is 0 Å². The fraction of sp³-hybridized carbons (Fsp3) is 0.933. The third-order valence-electron chi connectivity index (χ3n) is 4.42. The molecule has 2 rings (SSSR count). The molecule has 1 aliphatic heterocycles. The van der Waals surface area contributed by atoms with E-state index in [-0.39, 0.29) is 0 Å². The fourth-order valence-corrected chi connectivity index (χ4v) is 3.51. The van der Waals surface area contributed by atoms with Gasteiger partial charge in [0.25, 0.3) is 0 Å². The van der Waals surface area contributed by atoms with Gasteiger partial charge >= 0.3 is 0 Å². The summed E-state index contributed by atoms with van der Waals surface area (Å²) in [4.78, 5) is 14.5. The monoisotopic (exact) mass is 253 g/mol. The number of Topliss-reactive ketones (excluding diaryl/α,β-unsaturated/α-hetero) is 1. The lowest BCUT2D eigenvalue weighted by Crippen LogP contribution is -2.46. The molecule has 0 bridgehead atoms. The number of nitrogens with zero attached hydrogens (tertiary/aromatic N) is 1. The van der Waals surface area contributed by atoms with Gasteiger partial charge in [-0.05, 0) is 45.6 Å². The molecular formula is C15H27NO2. The van der Waals surface area contributed by atoms with Gasteiger partial charge in [0.1, 0.15) is 5.78 Å². The summed E-state index contributed by atoms with van der Waals surface area (Å²) >= 11 is 0. The number of hydrogen-bond acceptors (Lipinski definition) is 3. The van der Waals surface area contributed by atoms with Gasteiger partial charge in [-0.2, -0.15) is 0 Å². The van der Waals surface area contributed by atoms with Gasteiger partial charge in [-0.1, -0.05) is 6.42 Å². The first-order chi connectivity index (χ1) is 8.83. The standard InChI is InChI=1S/C15H27NO2/c1-2-18-12-6-11-16-10-4-3-8-14(16)13-7-5-9-15(13)17/h13-14H,2-12H2,1H3. The number of rotatable bonds is 6. The summed E-state index contributed by atoms with van der Waals surface area (Å²) in [5.74, 6) is 0.870. The summed E-state index contributed by atoms with van der Waals surface area (Å²) in [5, 5.41) is 0. The van der Waals surface area contributed by atoms with Gasteiger partial charge in [-0.15, -0.1) is 0 Å². The van der Waals surface area contributed by atoms with Gasteiger partial charge in [0, 0.05) is 38.1 Å². The normalized spacial score (nSPS) is 29.9. The second-order valence-electron chi connectivity index (χ2n) is 5.61. The zero-order chi connectivity index (χ0) is 12.8. The van der Waals surface area contributed by atoms with E-state index in [0.717, 1.165) is 45.4 Å². The molecule has 0 radical (unpaired) electrons. The van der Waals surface area contributed by atoms with E-state index < -0.39 is 0 Å². The molecule has 3 nitrogen and oxygen atoms in total. The van der Waals surface area contributed by atoms with Gasteiger partial charge in [-0.25, -0.2) is 0 Å². The summed E-state index contributed by atoms with van der Waals surface area (Å²) in [6, 6.07) is 0.537. The van der Waals surface area contributed by atoms with E-state index in [0.29, 0.717) is 17.7 Å². The Labute approximate surface area is 111 Å². The second kappa shape index (κ2) is 7.25. The maximum absolute atomic E-state index is 11.9. The summed E-state index contributed by atoms with van der Waals surface area (Å²) in [6.07, 6.45) is 8.00. The summed E-state index contributed by atoms with van der Waals surface area (Å²) in [5.41, 5.74) is 0. The molecule has 0 N–H and O–H groups in total. The first-order valence-corrected chi connectivity index (χ1v) is 7.67. The van der Waals surface area contributed by atoms with Crippen LogP contribution in [0.3, 0.4) is 0 Å². The molecule has 1 saturated carbocycles. The highest BCUT2D eigenvalue weighted by molar-refractivity contribution is 5.83. The lowest BCUT2D eigenvalue weighted by molar-refractivity contribution is -0.123. The van der Waals surface area contributed by atoms with E-state index in [2.05, 4.69) is 4.90 Å². The molecule has 0 amide bonds. The molecule has 0 spiro atoms. The Kier molecular flexibility index (Phi) is 5.64. The molecule has 0 aromatic carbocycles. The van der Waals surface area contributed by atoms with Crippen molar-refractivity contribution in [1.82, 2.24) is 4.90 Å². The summed E-state index contributed by atoms with van der Waals surface area (Å²) < 4.78 is 5.41. The lowest BCUT2D eigenvalue weighted by atomic mass is 9.88. The second-order valence-corrected chi connectivity index (χ2v) is 5.61. The maximum Gasteiger partial charge on any atom is 0.137 e. The van der Waals surface area contributed by atoms with Crippen molar-refractivity contribution >= 4 is 5.78 Å². The molecule has 1 heterocycles. The van der Waals surface area contributed by atoms with E-state index in [1.54, 1.807) is 0 Å². The van der Waals surface area contributed by atoms with Crippen LogP contribution in [0.4, 0.5) is 0 Å². The van der Waals surface area contributed by atoms with Crippen molar-refractivity contribution in [3.63, 3.8) is 0 Å². The molecule has 2 fully saturated rings. The average Bonchev–Trinajstić information content (AvgIpc) is 2.81. The first kappa shape index (κ1) is 14.0. The molecule has 3 heteroatoms. The van der Waals surface area contributed by atoms with Crippen LogP contribution in [0.2, 0.25) is 0 Å². The Morgan fingerprint density at radius 1 is 1.28 bits per heavy atom. The number of ketones is 1. The topological polar surface area (TPSA) is 29.5 Å². The number of likely N-dealkylation sites (tertiary alicyclic amines) is 1. The van der Waals surface area contributed by atoms with E-state index in [4.69, 9.17) is 4.74 Å². The van der Waals surface area contributed by atoms with Gasteiger partial charge in [0.05, 0.1) is 0 Å². The van der Waals surface area contributed by atoms with Crippen LogP contribution in [-0.4, -0.2) is 43.0 Å². The maximum atomic E-state index is 11.9. The van der Waals surface area contributed by atoms with Crippen molar-refractivity contribution in [2.24, 2.45) is 5.92 Å². The van der Waals surface area contributed by atoms with E-state index >= 15 is 0 Å². The van der Waals surface area contributed by atoms with Gasteiger partial charge in [0.15, 0.2) is 0 Å². The lowest BCUT2D eigenvalue weighted by Gasteiger charge is -2.38. The van der Waals surface area contributed by atoms with Gasteiger partial charge in [-0.3, -0.25) is 9.69 Å². The Morgan fingerprint density at radius 3 is 2.89 bits per heavy atom. The molecule has 2 atom stereocenters. The van der Waals surface area contributed by atoms with E-state index in [1.165, 1.54) is 25.8 Å². The average molecular weight is 253 g/mol. The quantitative estimate of drug-likeness (QED) is 0.682. The Balaban J connectivity index is 1.83. The number of hydrogen-bond donors (Lipinski definition) is 0. The number of piperidine rings is 1. The van der Waals surface area contributed by atoms with Crippen molar-refractivity contribution in [1.29, 1.82) is 0 Å². The highest BCUT2D eigenvalue weighted by Gasteiger charge is 2.36. The zero-order valence-corrected chi connectivity index (χ0v) is 11.7. The Morgan fingerprint density at radius 2 is 2.17 bits per heavy atom. The van der Waals surface area contributed by atoms with Crippen LogP contribution in [0, 0.1) is 5.92 Å². The minimum absolute atomic E-state index is 0.345. The van der Waals surface area contributed by atoms with Crippen LogP contribution in [0.15, 0.2) is 0 Å². The third-order valence-corrected chi connectivity index (χ3v) is 4.42. The molecule has 2 aliphatic rings. The van der Waals surface area contributed by atoms with Crippen molar-refractivity contribution in [3.8, 4) is 0 Å². The summed E-state index contributed by atoms with van der Waals surface area (Å²) in [6.45, 7) is 6.00. The highest BCUT2D eigenvalue weighted by atomic mass is 16.5. The van der Waals surface area contributed by atoms with Crippen LogP contribution in [0.5, 0.6) is 0 Å². The number of ether oxygens (including phenoxy) is 1. The smallest absolute Gasteiger partial charge is 0.137 e. The SMILES string of the molecule is CCOCCCN1CCCCC1C1CCCC1=O. The van der Waals surface area contributed by atoms with Crippen molar-refractivity contribution in [3.05, 3.63) is 0 Å². The molecule has 2 unspecified atom stereocenters. The third kappa shape index (κ3) is 3.55. The molecule has 1 aliphatic carbocycles. The van der Waals surface area contributed by atoms with Crippen molar-refractivity contribution in [2.45, 2.75) is 57.9 Å². The highest BCUT2D eigenvalue weighted by Crippen LogP contribution is 2.32. The fourth-order valence-electron chi connectivity index (χ4n) is 3.51. The van der Waals surface area contributed by atoms with Crippen LogP contribution in [0.25, 0.3) is 0 Å². The van der Waals surface area contributed by atoms with Crippen molar-refractivity contribution < 1.29 is 9.53 Å². The molecule has 1 saturated heterocycles. The van der Waals surface area contributed by atoms with E-state index in [9.17, 15) is 4.79 Å². The largest absolute Gasteiger partial charge is 0.382 e. The molecule has 18 heavy (non-hydrogen) atoms. The van der Waals surface area contributed by atoms with Gasteiger partial charge in [0.2, 0.25) is 0 Å². The number of carbonyl (C=O) groups is 1. The molecular weight excluding hydrogens is 226 g/mol. The van der Waals surface area contributed by atoms with Gasteiger partial charge < -0.3 is 4.74 Å².